The van der Waals surface area contributed by atoms with Crippen LogP contribution in [-0.2, 0) is 4.79 Å². The van der Waals surface area contributed by atoms with E-state index in [-0.39, 0.29) is 11.9 Å². The Kier molecular flexibility index (Phi) is 7.01. The predicted molar refractivity (Wildman–Crippen MR) is 98.6 cm³/mol. The van der Waals surface area contributed by atoms with Gasteiger partial charge in [-0.1, -0.05) is 12.1 Å². The molecule has 1 aromatic heterocycles. The summed E-state index contributed by atoms with van der Waals surface area (Å²) in [5, 5.41) is 2.92. The van der Waals surface area contributed by atoms with Crippen molar-refractivity contribution < 1.29 is 14.3 Å². The standard InChI is InChI=1S/C20H24N2O3/c1-4-24-18-10-8-16(13-19(18)25-5-2)9-11-20(23)22-15(3)17-7-6-12-21-14-17/h6-15H,4-5H2,1-3H3,(H,22,23)/b11-9+. The molecule has 0 saturated heterocycles. The Morgan fingerprint density at radius 2 is 1.96 bits per heavy atom. The Bertz CT molecular complexity index is 714. The zero-order chi connectivity index (χ0) is 18.1. The maximum Gasteiger partial charge on any atom is 0.244 e. The molecule has 1 aromatic carbocycles. The number of hydrogen-bond donors (Lipinski definition) is 1. The Labute approximate surface area is 148 Å². The van der Waals surface area contributed by atoms with Crippen LogP contribution in [0.4, 0.5) is 0 Å². The van der Waals surface area contributed by atoms with Crippen molar-refractivity contribution in [2.75, 3.05) is 13.2 Å². The van der Waals surface area contributed by atoms with Gasteiger partial charge in [0.25, 0.3) is 0 Å². The van der Waals surface area contributed by atoms with Crippen molar-refractivity contribution in [3.05, 3.63) is 59.9 Å². The van der Waals surface area contributed by atoms with Crippen LogP contribution < -0.4 is 14.8 Å². The number of ether oxygens (including phenoxy) is 2. The molecule has 0 radical (unpaired) electrons. The van der Waals surface area contributed by atoms with Crippen LogP contribution in [0.3, 0.4) is 0 Å². The Balaban J connectivity index is 2.02. The van der Waals surface area contributed by atoms with Crippen molar-refractivity contribution in [3.8, 4) is 11.5 Å². The lowest BCUT2D eigenvalue weighted by Gasteiger charge is -2.12. The molecule has 1 heterocycles. The summed E-state index contributed by atoms with van der Waals surface area (Å²) in [6, 6.07) is 9.28. The van der Waals surface area contributed by atoms with Crippen LogP contribution in [0, 0.1) is 0 Å². The largest absolute Gasteiger partial charge is 0.490 e. The zero-order valence-electron chi connectivity index (χ0n) is 14.9. The van der Waals surface area contributed by atoms with E-state index in [1.165, 1.54) is 6.08 Å². The fraction of sp³-hybridized carbons (Fsp3) is 0.300. The number of amides is 1. The number of carbonyl (C=O) groups excluding carboxylic acids is 1. The van der Waals surface area contributed by atoms with Crippen molar-refractivity contribution in [2.24, 2.45) is 0 Å². The second-order valence-corrected chi connectivity index (χ2v) is 5.42. The summed E-state index contributed by atoms with van der Waals surface area (Å²) < 4.78 is 11.1. The average Bonchev–Trinajstić information content (AvgIpc) is 2.63. The number of nitrogens with one attached hydrogen (secondary N) is 1. The van der Waals surface area contributed by atoms with E-state index in [1.807, 2.05) is 51.1 Å². The van der Waals surface area contributed by atoms with Gasteiger partial charge < -0.3 is 14.8 Å². The molecule has 0 bridgehead atoms. The number of hydrogen-bond acceptors (Lipinski definition) is 4. The molecule has 0 aliphatic rings. The minimum absolute atomic E-state index is 0.106. The van der Waals surface area contributed by atoms with E-state index in [1.54, 1.807) is 18.5 Å². The van der Waals surface area contributed by atoms with Crippen LogP contribution in [0.1, 0.15) is 37.9 Å². The molecule has 25 heavy (non-hydrogen) atoms. The predicted octanol–water partition coefficient (Wildman–Crippen LogP) is 3.77. The SMILES string of the molecule is CCOc1ccc(/C=C/C(=O)NC(C)c2cccnc2)cc1OCC. The number of carbonyl (C=O) groups is 1. The van der Waals surface area contributed by atoms with Crippen LogP contribution in [0.5, 0.6) is 11.5 Å². The van der Waals surface area contributed by atoms with E-state index in [0.29, 0.717) is 24.7 Å². The third kappa shape index (κ3) is 5.64. The van der Waals surface area contributed by atoms with Gasteiger partial charge in [0.1, 0.15) is 0 Å². The van der Waals surface area contributed by atoms with E-state index in [0.717, 1.165) is 11.1 Å². The molecule has 1 N–H and O–H groups in total. The van der Waals surface area contributed by atoms with Crippen LogP contribution in [0.25, 0.3) is 6.08 Å². The fourth-order valence-corrected chi connectivity index (χ4v) is 2.32. The first-order valence-electron chi connectivity index (χ1n) is 8.42. The van der Waals surface area contributed by atoms with E-state index in [2.05, 4.69) is 10.3 Å². The van der Waals surface area contributed by atoms with E-state index in [9.17, 15) is 4.79 Å². The van der Waals surface area contributed by atoms with Gasteiger partial charge in [0.2, 0.25) is 5.91 Å². The first-order valence-corrected chi connectivity index (χ1v) is 8.42. The minimum atomic E-state index is -0.164. The molecule has 2 rings (SSSR count). The zero-order valence-corrected chi connectivity index (χ0v) is 14.9. The summed E-state index contributed by atoms with van der Waals surface area (Å²) in [4.78, 5) is 16.2. The van der Waals surface area contributed by atoms with Crippen molar-refractivity contribution in [1.82, 2.24) is 10.3 Å². The molecule has 0 aliphatic carbocycles. The van der Waals surface area contributed by atoms with E-state index in [4.69, 9.17) is 9.47 Å². The van der Waals surface area contributed by atoms with Gasteiger partial charge in [0.15, 0.2) is 11.5 Å². The van der Waals surface area contributed by atoms with Crippen molar-refractivity contribution in [2.45, 2.75) is 26.8 Å². The monoisotopic (exact) mass is 340 g/mol. The molecule has 0 fully saturated rings. The quantitative estimate of drug-likeness (QED) is 0.743. The maximum absolute atomic E-state index is 12.1. The first kappa shape index (κ1) is 18.5. The minimum Gasteiger partial charge on any atom is -0.490 e. The second kappa shape index (κ2) is 9.47. The summed E-state index contributed by atoms with van der Waals surface area (Å²) in [6.07, 6.45) is 6.72. The average molecular weight is 340 g/mol. The number of aromatic nitrogens is 1. The molecule has 5 heteroatoms. The molecule has 0 saturated carbocycles. The third-order valence-electron chi connectivity index (χ3n) is 3.54. The summed E-state index contributed by atoms with van der Waals surface area (Å²) in [6.45, 7) is 6.90. The van der Waals surface area contributed by atoms with Crippen LogP contribution in [0.2, 0.25) is 0 Å². The third-order valence-corrected chi connectivity index (χ3v) is 3.54. The van der Waals surface area contributed by atoms with Gasteiger partial charge in [-0.3, -0.25) is 9.78 Å². The summed E-state index contributed by atoms with van der Waals surface area (Å²) in [5.41, 5.74) is 1.83. The number of nitrogens with zero attached hydrogens (tertiary/aromatic N) is 1. The van der Waals surface area contributed by atoms with Crippen molar-refractivity contribution >= 4 is 12.0 Å². The van der Waals surface area contributed by atoms with Crippen LogP contribution >= 0.6 is 0 Å². The van der Waals surface area contributed by atoms with Gasteiger partial charge in [-0.15, -0.1) is 0 Å². The summed E-state index contributed by atoms with van der Waals surface area (Å²) in [5.74, 6) is 1.22. The van der Waals surface area contributed by atoms with Gasteiger partial charge in [0, 0.05) is 18.5 Å². The lowest BCUT2D eigenvalue weighted by Crippen LogP contribution is -2.24. The highest BCUT2D eigenvalue weighted by atomic mass is 16.5. The Hall–Kier alpha value is -2.82. The number of rotatable bonds is 8. The second-order valence-electron chi connectivity index (χ2n) is 5.42. The first-order chi connectivity index (χ1) is 12.1. The molecule has 0 spiro atoms. The van der Waals surface area contributed by atoms with Crippen molar-refractivity contribution in [1.29, 1.82) is 0 Å². The molecule has 0 aliphatic heterocycles. The Morgan fingerprint density at radius 3 is 2.64 bits per heavy atom. The molecule has 2 aromatic rings. The summed E-state index contributed by atoms with van der Waals surface area (Å²) >= 11 is 0. The molecular formula is C20H24N2O3. The van der Waals surface area contributed by atoms with Crippen LogP contribution in [0.15, 0.2) is 48.8 Å². The lowest BCUT2D eigenvalue weighted by atomic mass is 10.1. The van der Waals surface area contributed by atoms with Gasteiger partial charge in [0.05, 0.1) is 19.3 Å². The molecule has 1 unspecified atom stereocenters. The highest BCUT2D eigenvalue weighted by Gasteiger charge is 2.08. The highest BCUT2D eigenvalue weighted by Crippen LogP contribution is 2.29. The smallest absolute Gasteiger partial charge is 0.244 e. The number of benzene rings is 1. The molecule has 1 atom stereocenters. The van der Waals surface area contributed by atoms with E-state index < -0.39 is 0 Å². The van der Waals surface area contributed by atoms with Gasteiger partial charge in [-0.25, -0.2) is 0 Å². The maximum atomic E-state index is 12.1. The van der Waals surface area contributed by atoms with Gasteiger partial charge >= 0.3 is 0 Å². The van der Waals surface area contributed by atoms with Crippen molar-refractivity contribution in [3.63, 3.8) is 0 Å². The molecular weight excluding hydrogens is 316 g/mol. The lowest BCUT2D eigenvalue weighted by molar-refractivity contribution is -0.117. The normalized spacial score (nSPS) is 12.0. The summed E-state index contributed by atoms with van der Waals surface area (Å²) in [7, 11) is 0. The van der Waals surface area contributed by atoms with Gasteiger partial charge in [-0.2, -0.15) is 0 Å². The molecule has 5 nitrogen and oxygen atoms in total. The van der Waals surface area contributed by atoms with Crippen LogP contribution in [-0.4, -0.2) is 24.1 Å². The number of pyridine rings is 1. The van der Waals surface area contributed by atoms with Gasteiger partial charge in [-0.05, 0) is 56.2 Å². The fourth-order valence-electron chi connectivity index (χ4n) is 2.32. The highest BCUT2D eigenvalue weighted by molar-refractivity contribution is 5.92. The topological polar surface area (TPSA) is 60.5 Å². The molecule has 1 amide bonds. The Morgan fingerprint density at radius 1 is 1.20 bits per heavy atom. The van der Waals surface area contributed by atoms with E-state index >= 15 is 0 Å². The molecule has 132 valence electrons.